The summed E-state index contributed by atoms with van der Waals surface area (Å²) in [7, 11) is 0. The molecule has 164 valence electrons. The summed E-state index contributed by atoms with van der Waals surface area (Å²) in [4.78, 5) is 35.6. The normalized spacial score (nSPS) is 13.5. The van der Waals surface area contributed by atoms with Crippen LogP contribution >= 0.6 is 0 Å². The first-order chi connectivity index (χ1) is 15.0. The van der Waals surface area contributed by atoms with Gasteiger partial charge in [0, 0.05) is 0 Å². The number of benzene rings is 2. The lowest BCUT2D eigenvalue weighted by atomic mass is 9.89. The van der Waals surface area contributed by atoms with Crippen molar-refractivity contribution in [1.82, 2.24) is 10.6 Å². The van der Waals surface area contributed by atoms with Gasteiger partial charge in [0.25, 0.3) is 11.8 Å². The number of carbonyl (C=O) groups is 3. The summed E-state index contributed by atoms with van der Waals surface area (Å²) in [5.74, 6) is -0.974. The molecule has 1 aliphatic carbocycles. The molecule has 1 aliphatic rings. The zero-order chi connectivity index (χ0) is 22.1. The molecule has 2 amide bonds. The average Bonchev–Trinajstić information content (AvgIpc) is 2.80. The van der Waals surface area contributed by atoms with Crippen LogP contribution in [0.4, 0.5) is 0 Å². The average molecular weight is 424 g/mol. The van der Waals surface area contributed by atoms with Crippen LogP contribution in [0.15, 0.2) is 48.5 Å². The van der Waals surface area contributed by atoms with Crippen LogP contribution in [-0.2, 0) is 32.0 Å². The Hall–Kier alpha value is -3.35. The fourth-order valence-electron chi connectivity index (χ4n) is 3.47. The molecule has 0 heterocycles. The first-order valence-electron chi connectivity index (χ1n) is 10.5. The minimum atomic E-state index is -0.690. The lowest BCUT2D eigenvalue weighted by Crippen LogP contribution is -2.36. The van der Waals surface area contributed by atoms with Crippen molar-refractivity contribution in [2.45, 2.75) is 38.6 Å². The number of ether oxygens (including phenoxy) is 2. The summed E-state index contributed by atoms with van der Waals surface area (Å²) in [5.41, 5.74) is 3.77. The molecule has 0 radical (unpaired) electrons. The maximum atomic E-state index is 12.1. The number of hydrogen-bond donors (Lipinski definition) is 2. The molecule has 31 heavy (non-hydrogen) atoms. The summed E-state index contributed by atoms with van der Waals surface area (Å²) < 4.78 is 10.2. The highest BCUT2D eigenvalue weighted by atomic mass is 16.5. The molecular formula is C24H28N2O5. The van der Waals surface area contributed by atoms with E-state index in [4.69, 9.17) is 9.47 Å². The Balaban J connectivity index is 1.34. The zero-order valence-electron chi connectivity index (χ0n) is 17.7. The first kappa shape index (κ1) is 22.3. The van der Waals surface area contributed by atoms with Gasteiger partial charge in [-0.3, -0.25) is 14.4 Å². The van der Waals surface area contributed by atoms with Crippen molar-refractivity contribution in [3.8, 4) is 5.75 Å². The van der Waals surface area contributed by atoms with E-state index in [-0.39, 0.29) is 19.2 Å². The van der Waals surface area contributed by atoms with Gasteiger partial charge in [0.2, 0.25) is 0 Å². The molecule has 0 fully saturated rings. The molecule has 2 aromatic carbocycles. The Bertz CT molecular complexity index is 913. The Labute approximate surface area is 182 Å². The predicted octanol–water partition coefficient (Wildman–Crippen LogP) is 2.48. The van der Waals surface area contributed by atoms with Crippen LogP contribution < -0.4 is 15.4 Å². The molecular weight excluding hydrogens is 396 g/mol. The number of para-hydroxylation sites is 1. The highest BCUT2D eigenvalue weighted by molar-refractivity contribution is 5.84. The van der Waals surface area contributed by atoms with E-state index in [2.05, 4.69) is 22.8 Å². The number of amides is 2. The molecule has 7 heteroatoms. The number of fused-ring (bicyclic) bond motifs is 1. The van der Waals surface area contributed by atoms with Gasteiger partial charge in [-0.2, -0.15) is 0 Å². The van der Waals surface area contributed by atoms with Gasteiger partial charge in [-0.15, -0.1) is 0 Å². The minimum absolute atomic E-state index is 0.187. The number of carbonyl (C=O) groups excluding carboxylic acids is 3. The van der Waals surface area contributed by atoms with Gasteiger partial charge in [0.05, 0.1) is 6.04 Å². The Kier molecular flexibility index (Phi) is 8.04. The highest BCUT2D eigenvalue weighted by Crippen LogP contribution is 2.24. The van der Waals surface area contributed by atoms with Crippen LogP contribution in [0.25, 0.3) is 0 Å². The van der Waals surface area contributed by atoms with Crippen LogP contribution in [0.1, 0.15) is 42.5 Å². The fraction of sp³-hybridized carbons (Fsp3) is 0.375. The van der Waals surface area contributed by atoms with Gasteiger partial charge in [-0.05, 0) is 61.4 Å². The van der Waals surface area contributed by atoms with E-state index >= 15 is 0 Å². The molecule has 0 bridgehead atoms. The van der Waals surface area contributed by atoms with E-state index in [9.17, 15) is 14.4 Å². The molecule has 1 atom stereocenters. The lowest BCUT2D eigenvalue weighted by molar-refractivity contribution is -0.148. The molecule has 0 aromatic heterocycles. The van der Waals surface area contributed by atoms with Crippen LogP contribution in [0, 0.1) is 0 Å². The maximum Gasteiger partial charge on any atom is 0.325 e. The molecule has 0 saturated carbocycles. The van der Waals surface area contributed by atoms with Gasteiger partial charge in [0.1, 0.15) is 12.3 Å². The third-order valence-electron chi connectivity index (χ3n) is 5.16. The van der Waals surface area contributed by atoms with Gasteiger partial charge in [-0.25, -0.2) is 0 Å². The molecule has 2 aromatic rings. The number of esters is 1. The van der Waals surface area contributed by atoms with Crippen molar-refractivity contribution in [3.05, 3.63) is 65.2 Å². The van der Waals surface area contributed by atoms with Crippen molar-refractivity contribution in [2.75, 3.05) is 19.8 Å². The quantitative estimate of drug-likeness (QED) is 0.603. The third kappa shape index (κ3) is 7.13. The minimum Gasteiger partial charge on any atom is -0.484 e. The van der Waals surface area contributed by atoms with Gasteiger partial charge >= 0.3 is 5.97 Å². The Morgan fingerprint density at radius 3 is 2.45 bits per heavy atom. The number of aryl methyl sites for hydroxylation is 2. The standard InChI is InChI=1S/C24H28N2O5/c1-17(19-12-11-18-7-5-6-8-20(18)13-19)26-23(28)16-31-24(29)14-25-22(27)15-30-21-9-3-2-4-10-21/h2-4,9-13,17H,5-8,14-16H2,1H3,(H,25,27)(H,26,28)/t17-/m1/s1. The van der Waals surface area contributed by atoms with Crippen LogP contribution in [0.5, 0.6) is 5.75 Å². The van der Waals surface area contributed by atoms with E-state index < -0.39 is 24.4 Å². The Morgan fingerprint density at radius 2 is 1.68 bits per heavy atom. The topological polar surface area (TPSA) is 93.7 Å². The molecule has 0 aliphatic heterocycles. The highest BCUT2D eigenvalue weighted by Gasteiger charge is 2.15. The van der Waals surface area contributed by atoms with Crippen molar-refractivity contribution < 1.29 is 23.9 Å². The van der Waals surface area contributed by atoms with Crippen molar-refractivity contribution in [1.29, 1.82) is 0 Å². The van der Waals surface area contributed by atoms with Crippen LogP contribution in [0.3, 0.4) is 0 Å². The van der Waals surface area contributed by atoms with Crippen molar-refractivity contribution >= 4 is 17.8 Å². The van der Waals surface area contributed by atoms with Gasteiger partial charge in [-0.1, -0.05) is 36.4 Å². The van der Waals surface area contributed by atoms with Gasteiger partial charge in [0.15, 0.2) is 13.2 Å². The van der Waals surface area contributed by atoms with E-state index in [0.29, 0.717) is 5.75 Å². The number of hydrogen-bond acceptors (Lipinski definition) is 5. The maximum absolute atomic E-state index is 12.1. The number of nitrogens with one attached hydrogen (secondary N) is 2. The van der Waals surface area contributed by atoms with Crippen molar-refractivity contribution in [3.63, 3.8) is 0 Å². The fourth-order valence-corrected chi connectivity index (χ4v) is 3.47. The zero-order valence-corrected chi connectivity index (χ0v) is 17.7. The van der Waals surface area contributed by atoms with Gasteiger partial charge < -0.3 is 20.1 Å². The largest absolute Gasteiger partial charge is 0.484 e. The SMILES string of the molecule is C[C@@H](NC(=O)COC(=O)CNC(=O)COc1ccccc1)c1ccc2c(c1)CCCC2. The summed E-state index contributed by atoms with van der Waals surface area (Å²) in [6.45, 7) is 0.961. The first-order valence-corrected chi connectivity index (χ1v) is 10.5. The second kappa shape index (κ2) is 11.2. The van der Waals surface area contributed by atoms with Crippen molar-refractivity contribution in [2.24, 2.45) is 0 Å². The summed E-state index contributed by atoms with van der Waals surface area (Å²) in [6, 6.07) is 15.0. The van der Waals surface area contributed by atoms with E-state index in [1.54, 1.807) is 24.3 Å². The monoisotopic (exact) mass is 424 g/mol. The molecule has 3 rings (SSSR count). The molecule has 0 unspecified atom stereocenters. The number of rotatable bonds is 9. The van der Waals surface area contributed by atoms with E-state index in [1.165, 1.54) is 24.0 Å². The molecule has 0 spiro atoms. The predicted molar refractivity (Wildman–Crippen MR) is 116 cm³/mol. The Morgan fingerprint density at radius 1 is 0.935 bits per heavy atom. The van der Waals surface area contributed by atoms with E-state index in [1.807, 2.05) is 19.1 Å². The summed E-state index contributed by atoms with van der Waals surface area (Å²) in [5, 5.41) is 5.24. The second-order valence-electron chi connectivity index (χ2n) is 7.56. The molecule has 2 N–H and O–H groups in total. The van der Waals surface area contributed by atoms with Crippen LogP contribution in [-0.4, -0.2) is 37.5 Å². The summed E-state index contributed by atoms with van der Waals surface area (Å²) in [6.07, 6.45) is 4.61. The van der Waals surface area contributed by atoms with Crippen LogP contribution in [0.2, 0.25) is 0 Å². The molecule has 7 nitrogen and oxygen atoms in total. The molecule has 0 saturated heterocycles. The second-order valence-corrected chi connectivity index (χ2v) is 7.56. The lowest BCUT2D eigenvalue weighted by Gasteiger charge is -2.20. The summed E-state index contributed by atoms with van der Waals surface area (Å²) >= 11 is 0. The third-order valence-corrected chi connectivity index (χ3v) is 5.16. The van der Waals surface area contributed by atoms with E-state index in [0.717, 1.165) is 18.4 Å². The smallest absolute Gasteiger partial charge is 0.325 e.